The topological polar surface area (TPSA) is 112 Å². The monoisotopic (exact) mass is 278 g/mol. The Bertz CT molecular complexity index is 585. The molecule has 1 aromatic rings. The molecule has 0 bridgehead atoms. The van der Waals surface area contributed by atoms with E-state index in [4.69, 9.17) is 10.9 Å². The van der Waals surface area contributed by atoms with Crippen molar-refractivity contribution in [1.82, 2.24) is 9.88 Å². The first-order chi connectivity index (χ1) is 9.46. The Balaban J connectivity index is 2.08. The number of pyridine rings is 1. The fourth-order valence-corrected chi connectivity index (χ4v) is 2.32. The van der Waals surface area contributed by atoms with Gasteiger partial charge in [-0.2, -0.15) is 0 Å². The lowest BCUT2D eigenvalue weighted by atomic mass is 9.79. The van der Waals surface area contributed by atoms with Crippen LogP contribution in [-0.4, -0.2) is 39.9 Å². The lowest BCUT2D eigenvalue weighted by Crippen LogP contribution is -2.47. The summed E-state index contributed by atoms with van der Waals surface area (Å²) in [6.45, 7) is 2.92. The Morgan fingerprint density at radius 2 is 2.10 bits per heavy atom. The molecular weight excluding hydrogens is 260 g/mol. The van der Waals surface area contributed by atoms with Gasteiger partial charge in [0.15, 0.2) is 0 Å². The van der Waals surface area contributed by atoms with Crippen molar-refractivity contribution < 1.29 is 10.0 Å². The van der Waals surface area contributed by atoms with Crippen LogP contribution in [0.1, 0.15) is 30.3 Å². The number of oxime groups is 1. The highest BCUT2D eigenvalue weighted by atomic mass is 16.4. The molecule has 1 aliphatic rings. The molecule has 0 atom stereocenters. The van der Waals surface area contributed by atoms with Gasteiger partial charge < -0.3 is 20.8 Å². The van der Waals surface area contributed by atoms with Gasteiger partial charge in [-0.3, -0.25) is 9.59 Å². The van der Waals surface area contributed by atoms with E-state index in [-0.39, 0.29) is 23.0 Å². The van der Waals surface area contributed by atoms with Crippen LogP contribution in [-0.2, 0) is 0 Å². The Hall–Kier alpha value is -2.31. The molecule has 20 heavy (non-hydrogen) atoms. The van der Waals surface area contributed by atoms with Gasteiger partial charge in [0.25, 0.3) is 5.91 Å². The zero-order valence-electron chi connectivity index (χ0n) is 11.3. The molecule has 108 valence electrons. The van der Waals surface area contributed by atoms with E-state index in [1.54, 1.807) is 17.0 Å². The smallest absolute Gasteiger partial charge is 0.270 e. The number of amides is 1. The highest BCUT2D eigenvalue weighted by Crippen LogP contribution is 2.31. The Morgan fingerprint density at radius 3 is 2.65 bits per heavy atom. The van der Waals surface area contributed by atoms with Gasteiger partial charge >= 0.3 is 0 Å². The summed E-state index contributed by atoms with van der Waals surface area (Å²) >= 11 is 0. The fraction of sp³-hybridized carbons (Fsp3) is 0.462. The fourth-order valence-electron chi connectivity index (χ4n) is 2.32. The Kier molecular flexibility index (Phi) is 3.78. The van der Waals surface area contributed by atoms with Crippen molar-refractivity contribution in [3.05, 3.63) is 34.2 Å². The maximum absolute atomic E-state index is 12.2. The number of carbonyl (C=O) groups is 1. The molecule has 1 fully saturated rings. The van der Waals surface area contributed by atoms with Crippen LogP contribution in [0.3, 0.4) is 0 Å². The number of likely N-dealkylation sites (tertiary alicyclic amines) is 1. The number of nitrogens with two attached hydrogens (primary N) is 1. The zero-order chi connectivity index (χ0) is 14.8. The van der Waals surface area contributed by atoms with Crippen LogP contribution in [0.15, 0.2) is 28.1 Å². The molecule has 4 N–H and O–H groups in total. The first kappa shape index (κ1) is 14.1. The second-order valence-electron chi connectivity index (χ2n) is 5.27. The molecule has 2 rings (SSSR count). The number of aromatic nitrogens is 1. The van der Waals surface area contributed by atoms with Crippen LogP contribution in [0.4, 0.5) is 0 Å². The molecule has 1 aliphatic heterocycles. The van der Waals surface area contributed by atoms with Crippen LogP contribution in [0.25, 0.3) is 0 Å². The molecule has 0 spiro atoms. The van der Waals surface area contributed by atoms with E-state index in [0.717, 1.165) is 0 Å². The van der Waals surface area contributed by atoms with Crippen molar-refractivity contribution in [2.45, 2.75) is 19.8 Å². The molecule has 0 unspecified atom stereocenters. The normalized spacial score (nSPS) is 18.9. The Labute approximate surface area is 116 Å². The maximum atomic E-state index is 12.2. The molecule has 0 aromatic carbocycles. The average Bonchev–Trinajstić information content (AvgIpc) is 2.46. The van der Waals surface area contributed by atoms with Crippen LogP contribution in [0.5, 0.6) is 0 Å². The number of H-pyrrole nitrogens is 1. The van der Waals surface area contributed by atoms with Gasteiger partial charge in [-0.15, -0.1) is 0 Å². The van der Waals surface area contributed by atoms with Crippen molar-refractivity contribution >= 4 is 11.7 Å². The van der Waals surface area contributed by atoms with Gasteiger partial charge in [0, 0.05) is 24.6 Å². The molecular formula is C13H18N4O3. The lowest BCUT2D eigenvalue weighted by molar-refractivity contribution is 0.0660. The SMILES string of the molecule is CC1(/C(N)=N/O)CCN(C(=O)c2cccc(=O)[nH]2)CC1. The third-order valence-electron chi connectivity index (χ3n) is 3.88. The van der Waals surface area contributed by atoms with Gasteiger partial charge in [0.1, 0.15) is 11.5 Å². The Morgan fingerprint density at radius 1 is 1.45 bits per heavy atom. The number of nitrogens with zero attached hydrogens (tertiary/aromatic N) is 2. The van der Waals surface area contributed by atoms with Crippen molar-refractivity contribution in [3.63, 3.8) is 0 Å². The lowest BCUT2D eigenvalue weighted by Gasteiger charge is -2.38. The second kappa shape index (κ2) is 5.36. The summed E-state index contributed by atoms with van der Waals surface area (Å²) in [4.78, 5) is 27.7. The van der Waals surface area contributed by atoms with Crippen LogP contribution in [0, 0.1) is 5.41 Å². The molecule has 1 amide bonds. The van der Waals surface area contributed by atoms with E-state index in [1.165, 1.54) is 6.07 Å². The summed E-state index contributed by atoms with van der Waals surface area (Å²) in [5, 5.41) is 11.8. The number of nitrogens with one attached hydrogen (secondary N) is 1. The summed E-state index contributed by atoms with van der Waals surface area (Å²) in [6.07, 6.45) is 1.23. The van der Waals surface area contributed by atoms with E-state index in [2.05, 4.69) is 10.1 Å². The summed E-state index contributed by atoms with van der Waals surface area (Å²) in [7, 11) is 0. The predicted octanol–water partition coefficient (Wildman–Crippen LogP) is 0.364. The summed E-state index contributed by atoms with van der Waals surface area (Å²) in [5.74, 6) is -0.0121. The van der Waals surface area contributed by atoms with Crippen LogP contribution in [0.2, 0.25) is 0 Å². The maximum Gasteiger partial charge on any atom is 0.270 e. The molecule has 7 nitrogen and oxygen atoms in total. The molecule has 0 saturated carbocycles. The number of hydrogen-bond donors (Lipinski definition) is 3. The van der Waals surface area contributed by atoms with Gasteiger partial charge in [0.2, 0.25) is 5.56 Å². The minimum Gasteiger partial charge on any atom is -0.409 e. The quantitative estimate of drug-likeness (QED) is 0.314. The first-order valence-corrected chi connectivity index (χ1v) is 6.43. The highest BCUT2D eigenvalue weighted by Gasteiger charge is 2.35. The summed E-state index contributed by atoms with van der Waals surface area (Å²) < 4.78 is 0. The summed E-state index contributed by atoms with van der Waals surface area (Å²) in [5.41, 5.74) is 5.28. The average molecular weight is 278 g/mol. The first-order valence-electron chi connectivity index (χ1n) is 6.43. The van der Waals surface area contributed by atoms with Crippen LogP contribution >= 0.6 is 0 Å². The van der Waals surface area contributed by atoms with Crippen molar-refractivity contribution in [3.8, 4) is 0 Å². The van der Waals surface area contributed by atoms with Gasteiger partial charge in [0.05, 0.1) is 0 Å². The predicted molar refractivity (Wildman–Crippen MR) is 73.7 cm³/mol. The van der Waals surface area contributed by atoms with Gasteiger partial charge in [-0.1, -0.05) is 18.1 Å². The largest absolute Gasteiger partial charge is 0.409 e. The minimum absolute atomic E-state index is 0.192. The number of rotatable bonds is 2. The van der Waals surface area contributed by atoms with Crippen molar-refractivity contribution in [2.24, 2.45) is 16.3 Å². The van der Waals surface area contributed by atoms with Gasteiger partial charge in [-0.05, 0) is 18.9 Å². The van der Waals surface area contributed by atoms with E-state index in [0.29, 0.717) is 25.9 Å². The second-order valence-corrected chi connectivity index (χ2v) is 5.27. The van der Waals surface area contributed by atoms with Crippen molar-refractivity contribution in [1.29, 1.82) is 0 Å². The standard InChI is InChI=1S/C13H18N4O3/c1-13(12(14)16-20)5-7-17(8-6-13)11(19)9-3-2-4-10(18)15-9/h2-4,20H,5-8H2,1H3,(H2,14,16)(H,15,18). The van der Waals surface area contributed by atoms with Gasteiger partial charge in [-0.25, -0.2) is 0 Å². The van der Waals surface area contributed by atoms with E-state index < -0.39 is 5.41 Å². The molecule has 0 radical (unpaired) electrons. The third kappa shape index (κ3) is 2.66. The third-order valence-corrected chi connectivity index (χ3v) is 3.88. The number of piperidine rings is 1. The molecule has 2 heterocycles. The number of amidine groups is 1. The number of hydrogen-bond acceptors (Lipinski definition) is 4. The molecule has 1 aromatic heterocycles. The van der Waals surface area contributed by atoms with E-state index >= 15 is 0 Å². The number of aromatic amines is 1. The summed E-state index contributed by atoms with van der Waals surface area (Å²) in [6, 6.07) is 4.50. The highest BCUT2D eigenvalue weighted by molar-refractivity contribution is 5.92. The minimum atomic E-state index is -0.393. The molecule has 0 aliphatic carbocycles. The molecule has 1 saturated heterocycles. The zero-order valence-corrected chi connectivity index (χ0v) is 11.3. The van der Waals surface area contributed by atoms with E-state index in [9.17, 15) is 9.59 Å². The molecule has 7 heteroatoms. The van der Waals surface area contributed by atoms with Crippen LogP contribution < -0.4 is 11.3 Å². The number of carbonyl (C=O) groups excluding carboxylic acids is 1. The van der Waals surface area contributed by atoms with Crippen molar-refractivity contribution in [2.75, 3.05) is 13.1 Å². The van der Waals surface area contributed by atoms with E-state index in [1.807, 2.05) is 6.92 Å².